The number of hydrogen-bond donors (Lipinski definition) is 1. The van der Waals surface area contributed by atoms with Crippen LogP contribution in [0, 0.1) is 0 Å². The number of hydrogen-bond acceptors (Lipinski definition) is 3. The molecule has 0 fully saturated rings. The van der Waals surface area contributed by atoms with Gasteiger partial charge in [0.1, 0.15) is 5.69 Å². The van der Waals surface area contributed by atoms with E-state index in [0.717, 1.165) is 28.8 Å². The van der Waals surface area contributed by atoms with Gasteiger partial charge < -0.3 is 9.64 Å². The van der Waals surface area contributed by atoms with E-state index in [-0.39, 0.29) is 11.9 Å². The number of aromatic amines is 1. The molecule has 1 aliphatic heterocycles. The van der Waals surface area contributed by atoms with Crippen molar-refractivity contribution < 1.29 is 9.53 Å². The molecule has 0 saturated carbocycles. The zero-order valence-corrected chi connectivity index (χ0v) is 15.7. The first-order valence-electron chi connectivity index (χ1n) is 8.89. The maximum absolute atomic E-state index is 13.1. The molecule has 0 spiro atoms. The van der Waals surface area contributed by atoms with Crippen molar-refractivity contribution in [3.05, 3.63) is 76.4 Å². The van der Waals surface area contributed by atoms with Crippen molar-refractivity contribution in [2.75, 3.05) is 20.3 Å². The average Bonchev–Trinajstić information content (AvgIpc) is 3.23. The summed E-state index contributed by atoms with van der Waals surface area (Å²) < 4.78 is 5.17. The van der Waals surface area contributed by atoms with Crippen molar-refractivity contribution >= 4 is 17.5 Å². The van der Waals surface area contributed by atoms with Crippen LogP contribution >= 0.6 is 11.6 Å². The van der Waals surface area contributed by atoms with Gasteiger partial charge in [-0.15, -0.1) is 0 Å². The minimum Gasteiger partial charge on any atom is -0.385 e. The highest BCUT2D eigenvalue weighted by Crippen LogP contribution is 2.42. The first-order valence-corrected chi connectivity index (χ1v) is 9.27. The molecule has 0 saturated heterocycles. The Kier molecular flexibility index (Phi) is 4.97. The third-order valence-electron chi connectivity index (χ3n) is 4.84. The van der Waals surface area contributed by atoms with Crippen LogP contribution in [0.5, 0.6) is 0 Å². The molecule has 0 radical (unpaired) electrons. The number of nitrogens with one attached hydrogen (secondary N) is 1. The second-order valence-electron chi connectivity index (χ2n) is 6.53. The second-order valence-corrected chi connectivity index (χ2v) is 6.96. The van der Waals surface area contributed by atoms with Gasteiger partial charge in [0, 0.05) is 36.4 Å². The van der Waals surface area contributed by atoms with Gasteiger partial charge in [-0.25, -0.2) is 0 Å². The fourth-order valence-corrected chi connectivity index (χ4v) is 3.74. The second kappa shape index (κ2) is 7.55. The van der Waals surface area contributed by atoms with Gasteiger partial charge in [0.2, 0.25) is 0 Å². The highest BCUT2D eigenvalue weighted by atomic mass is 35.5. The Morgan fingerprint density at radius 3 is 2.59 bits per heavy atom. The van der Waals surface area contributed by atoms with Crippen molar-refractivity contribution in [3.63, 3.8) is 0 Å². The lowest BCUT2D eigenvalue weighted by Gasteiger charge is -2.26. The van der Waals surface area contributed by atoms with Crippen molar-refractivity contribution in [2.24, 2.45) is 0 Å². The standard InChI is InChI=1S/C21H20ClN3O2/c1-27-13-5-12-25-20(15-8-10-16(22)11-9-15)17-18(14-6-3-2-4-7-14)23-24-19(17)21(25)26/h2-4,6-11,20H,5,12-13H2,1H3,(H,23,24). The Hall–Kier alpha value is -2.63. The number of fused-ring (bicyclic) bond motifs is 1. The normalized spacial score (nSPS) is 16.0. The summed E-state index contributed by atoms with van der Waals surface area (Å²) >= 11 is 6.08. The summed E-state index contributed by atoms with van der Waals surface area (Å²) in [6, 6.07) is 17.4. The number of carbonyl (C=O) groups is 1. The van der Waals surface area contributed by atoms with Crippen LogP contribution in [0.2, 0.25) is 5.02 Å². The molecule has 1 aliphatic rings. The van der Waals surface area contributed by atoms with Gasteiger partial charge in [-0.05, 0) is 24.1 Å². The zero-order valence-electron chi connectivity index (χ0n) is 15.0. The number of H-pyrrole nitrogens is 1. The summed E-state index contributed by atoms with van der Waals surface area (Å²) in [4.78, 5) is 15.0. The third kappa shape index (κ3) is 3.24. The smallest absolute Gasteiger partial charge is 0.273 e. The van der Waals surface area contributed by atoms with Crippen molar-refractivity contribution in [2.45, 2.75) is 12.5 Å². The fraction of sp³-hybridized carbons (Fsp3) is 0.238. The van der Waals surface area contributed by atoms with Gasteiger partial charge in [0.15, 0.2) is 0 Å². The van der Waals surface area contributed by atoms with E-state index < -0.39 is 0 Å². The van der Waals surface area contributed by atoms with E-state index in [0.29, 0.717) is 23.9 Å². The molecule has 6 heteroatoms. The quantitative estimate of drug-likeness (QED) is 0.647. The van der Waals surface area contributed by atoms with Crippen LogP contribution in [0.3, 0.4) is 0 Å². The third-order valence-corrected chi connectivity index (χ3v) is 5.10. The molecule has 1 aromatic heterocycles. The lowest BCUT2D eigenvalue weighted by atomic mass is 9.96. The molecule has 1 unspecified atom stereocenters. The Morgan fingerprint density at radius 1 is 1.15 bits per heavy atom. The Balaban J connectivity index is 1.81. The van der Waals surface area contributed by atoms with E-state index in [2.05, 4.69) is 10.2 Å². The van der Waals surface area contributed by atoms with Gasteiger partial charge in [-0.2, -0.15) is 5.10 Å². The number of benzene rings is 2. The minimum atomic E-state index is -0.199. The molecule has 3 aromatic rings. The molecular weight excluding hydrogens is 362 g/mol. The predicted molar refractivity (Wildman–Crippen MR) is 105 cm³/mol. The molecule has 4 rings (SSSR count). The van der Waals surface area contributed by atoms with Crippen LogP contribution in [-0.2, 0) is 4.74 Å². The SMILES string of the molecule is COCCCN1C(=O)c2[nH]nc(-c3ccccc3)c2C1c1ccc(Cl)cc1. The Labute approximate surface area is 162 Å². The van der Waals surface area contributed by atoms with Crippen LogP contribution < -0.4 is 0 Å². The lowest BCUT2D eigenvalue weighted by molar-refractivity contribution is 0.0723. The van der Waals surface area contributed by atoms with Crippen LogP contribution in [0.1, 0.15) is 34.1 Å². The molecule has 1 N–H and O–H groups in total. The topological polar surface area (TPSA) is 58.2 Å². The fourth-order valence-electron chi connectivity index (χ4n) is 3.61. The van der Waals surface area contributed by atoms with Gasteiger partial charge in [0.25, 0.3) is 5.91 Å². The van der Waals surface area contributed by atoms with E-state index in [1.165, 1.54) is 0 Å². The average molecular weight is 382 g/mol. The van der Waals surface area contributed by atoms with E-state index in [1.807, 2.05) is 59.5 Å². The number of ether oxygens (including phenoxy) is 1. The maximum atomic E-state index is 13.1. The number of amides is 1. The highest BCUT2D eigenvalue weighted by Gasteiger charge is 2.41. The minimum absolute atomic E-state index is 0.0317. The number of methoxy groups -OCH3 is 1. The number of aromatic nitrogens is 2. The summed E-state index contributed by atoms with van der Waals surface area (Å²) in [5.74, 6) is -0.0317. The molecule has 0 bridgehead atoms. The first kappa shape index (κ1) is 17.8. The molecule has 2 aromatic carbocycles. The maximum Gasteiger partial charge on any atom is 0.273 e. The van der Waals surface area contributed by atoms with Gasteiger partial charge in [-0.3, -0.25) is 9.89 Å². The summed E-state index contributed by atoms with van der Waals surface area (Å²) in [6.07, 6.45) is 0.769. The van der Waals surface area contributed by atoms with E-state index in [1.54, 1.807) is 7.11 Å². The summed E-state index contributed by atoms with van der Waals surface area (Å²) in [6.45, 7) is 1.21. The van der Waals surface area contributed by atoms with Crippen molar-refractivity contribution in [1.82, 2.24) is 15.1 Å². The van der Waals surface area contributed by atoms with Crippen LogP contribution in [-0.4, -0.2) is 41.3 Å². The number of halogens is 1. The molecule has 138 valence electrons. The molecule has 2 heterocycles. The van der Waals surface area contributed by atoms with Crippen molar-refractivity contribution in [1.29, 1.82) is 0 Å². The van der Waals surface area contributed by atoms with Crippen molar-refractivity contribution in [3.8, 4) is 11.3 Å². The summed E-state index contributed by atoms with van der Waals surface area (Å²) in [5, 5.41) is 8.10. The van der Waals surface area contributed by atoms with Gasteiger partial charge >= 0.3 is 0 Å². The van der Waals surface area contributed by atoms with Crippen LogP contribution in [0.25, 0.3) is 11.3 Å². The van der Waals surface area contributed by atoms with E-state index in [9.17, 15) is 4.79 Å². The summed E-state index contributed by atoms with van der Waals surface area (Å²) in [7, 11) is 1.67. The largest absolute Gasteiger partial charge is 0.385 e. The van der Waals surface area contributed by atoms with Gasteiger partial charge in [-0.1, -0.05) is 54.1 Å². The van der Waals surface area contributed by atoms with E-state index >= 15 is 0 Å². The first-order chi connectivity index (χ1) is 13.2. The molecule has 1 atom stereocenters. The zero-order chi connectivity index (χ0) is 18.8. The lowest BCUT2D eigenvalue weighted by Crippen LogP contribution is -2.31. The number of nitrogens with zero attached hydrogens (tertiary/aromatic N) is 2. The molecule has 27 heavy (non-hydrogen) atoms. The Morgan fingerprint density at radius 2 is 1.89 bits per heavy atom. The van der Waals surface area contributed by atoms with Gasteiger partial charge in [0.05, 0.1) is 11.7 Å². The monoisotopic (exact) mass is 381 g/mol. The molecule has 1 amide bonds. The molecular formula is C21H20ClN3O2. The van der Waals surface area contributed by atoms with Crippen LogP contribution in [0.4, 0.5) is 0 Å². The van der Waals surface area contributed by atoms with E-state index in [4.69, 9.17) is 16.3 Å². The summed E-state index contributed by atoms with van der Waals surface area (Å²) in [5.41, 5.74) is 4.30. The highest BCUT2D eigenvalue weighted by molar-refractivity contribution is 6.30. The Bertz CT molecular complexity index is 938. The predicted octanol–water partition coefficient (Wildman–Crippen LogP) is 4.31. The molecule has 5 nitrogen and oxygen atoms in total. The molecule has 0 aliphatic carbocycles. The number of carbonyl (C=O) groups excluding carboxylic acids is 1. The number of rotatable bonds is 6. The van der Waals surface area contributed by atoms with Crippen LogP contribution in [0.15, 0.2) is 54.6 Å².